The summed E-state index contributed by atoms with van der Waals surface area (Å²) < 4.78 is 6.80. The average molecular weight is 321 g/mol. The number of hydrogen-bond acceptors (Lipinski definition) is 3. The van der Waals surface area contributed by atoms with Crippen LogP contribution in [0.15, 0.2) is 47.2 Å². The van der Waals surface area contributed by atoms with Crippen molar-refractivity contribution in [2.75, 3.05) is 6.54 Å². The quantitative estimate of drug-likeness (QED) is 0.812. The molecule has 2 aromatic rings. The summed E-state index contributed by atoms with van der Waals surface area (Å²) in [4.78, 5) is 4.10. The van der Waals surface area contributed by atoms with E-state index in [1.54, 1.807) is 12.4 Å². The van der Waals surface area contributed by atoms with Crippen molar-refractivity contribution in [3.63, 3.8) is 0 Å². The molecule has 3 nitrogen and oxygen atoms in total. The molecular weight excluding hydrogens is 304 g/mol. The summed E-state index contributed by atoms with van der Waals surface area (Å²) in [6.07, 6.45) is 4.57. The number of halogens is 1. The van der Waals surface area contributed by atoms with Crippen LogP contribution in [-0.4, -0.2) is 11.5 Å². The fourth-order valence-corrected chi connectivity index (χ4v) is 2.07. The molecule has 0 unspecified atom stereocenters. The molecule has 0 spiro atoms. The molecule has 0 aliphatic rings. The first kappa shape index (κ1) is 14.0. The Bertz CT molecular complexity index is 531. The molecule has 1 aromatic carbocycles. The molecule has 19 heavy (non-hydrogen) atoms. The smallest absolute Gasteiger partial charge is 0.146 e. The maximum atomic E-state index is 5.89. The molecule has 0 amide bonds. The van der Waals surface area contributed by atoms with E-state index in [1.165, 1.54) is 0 Å². The molecule has 1 N–H and O–H groups in total. The number of para-hydroxylation sites is 1. The van der Waals surface area contributed by atoms with Crippen molar-refractivity contribution in [2.45, 2.75) is 19.9 Å². The van der Waals surface area contributed by atoms with Gasteiger partial charge in [-0.05, 0) is 41.0 Å². The lowest BCUT2D eigenvalue weighted by atomic mass is 10.2. The molecule has 0 bridgehead atoms. The van der Waals surface area contributed by atoms with Crippen molar-refractivity contribution < 1.29 is 4.74 Å². The zero-order valence-electron chi connectivity index (χ0n) is 10.9. The monoisotopic (exact) mass is 320 g/mol. The van der Waals surface area contributed by atoms with Crippen LogP contribution in [0.4, 0.5) is 0 Å². The van der Waals surface area contributed by atoms with Crippen molar-refractivity contribution in [2.24, 2.45) is 0 Å². The maximum Gasteiger partial charge on any atom is 0.146 e. The molecule has 0 saturated heterocycles. The molecule has 0 radical (unpaired) electrons. The Morgan fingerprint density at radius 3 is 2.89 bits per heavy atom. The van der Waals surface area contributed by atoms with E-state index in [-0.39, 0.29) is 0 Å². The highest BCUT2D eigenvalue weighted by Crippen LogP contribution is 2.26. The second-order valence-corrected chi connectivity index (χ2v) is 5.14. The first-order valence-corrected chi connectivity index (χ1v) is 7.16. The van der Waals surface area contributed by atoms with Gasteiger partial charge in [0.15, 0.2) is 0 Å². The van der Waals surface area contributed by atoms with Gasteiger partial charge in [-0.3, -0.25) is 4.98 Å². The van der Waals surface area contributed by atoms with E-state index in [0.29, 0.717) is 0 Å². The Kier molecular flexibility index (Phi) is 5.36. The summed E-state index contributed by atoms with van der Waals surface area (Å²) in [6, 6.07) is 9.95. The van der Waals surface area contributed by atoms with Gasteiger partial charge in [-0.25, -0.2) is 0 Å². The number of pyridine rings is 1. The van der Waals surface area contributed by atoms with Crippen LogP contribution in [-0.2, 0) is 6.54 Å². The van der Waals surface area contributed by atoms with E-state index in [4.69, 9.17) is 4.74 Å². The summed E-state index contributed by atoms with van der Waals surface area (Å²) in [6.45, 7) is 3.97. The molecule has 0 aliphatic carbocycles. The number of aromatic nitrogens is 1. The minimum absolute atomic E-state index is 0.734. The lowest BCUT2D eigenvalue weighted by Crippen LogP contribution is -2.14. The highest BCUT2D eigenvalue weighted by atomic mass is 79.9. The number of ether oxygens (including phenoxy) is 1. The lowest BCUT2D eigenvalue weighted by Gasteiger charge is -2.11. The van der Waals surface area contributed by atoms with Crippen molar-refractivity contribution in [1.29, 1.82) is 0 Å². The summed E-state index contributed by atoms with van der Waals surface area (Å²) in [5.41, 5.74) is 1.15. The van der Waals surface area contributed by atoms with Crippen molar-refractivity contribution in [3.05, 3.63) is 52.8 Å². The Morgan fingerprint density at radius 1 is 1.26 bits per heavy atom. The number of rotatable bonds is 6. The van der Waals surface area contributed by atoms with E-state index in [9.17, 15) is 0 Å². The standard InChI is InChI=1S/C15H17BrN2O/c1-2-7-17-9-12-5-3-4-6-15(12)19-14-8-13(16)10-18-11-14/h3-6,8,10-11,17H,2,7,9H2,1H3. The number of nitrogens with zero attached hydrogens (tertiary/aromatic N) is 1. The minimum atomic E-state index is 0.734. The van der Waals surface area contributed by atoms with Crippen molar-refractivity contribution in [3.8, 4) is 11.5 Å². The van der Waals surface area contributed by atoms with Crippen LogP contribution in [0.2, 0.25) is 0 Å². The largest absolute Gasteiger partial charge is 0.455 e. The molecule has 0 atom stereocenters. The van der Waals surface area contributed by atoms with Crippen LogP contribution < -0.4 is 10.1 Å². The third kappa shape index (κ3) is 4.33. The number of nitrogens with one attached hydrogen (secondary N) is 1. The lowest BCUT2D eigenvalue weighted by molar-refractivity contribution is 0.470. The van der Waals surface area contributed by atoms with Crippen LogP contribution in [0.5, 0.6) is 11.5 Å². The van der Waals surface area contributed by atoms with E-state index in [1.807, 2.05) is 24.3 Å². The number of benzene rings is 1. The molecule has 1 aromatic heterocycles. The third-order valence-corrected chi connectivity index (χ3v) is 3.06. The molecule has 1 heterocycles. The van der Waals surface area contributed by atoms with Crippen LogP contribution in [0.1, 0.15) is 18.9 Å². The molecule has 100 valence electrons. The van der Waals surface area contributed by atoms with Crippen LogP contribution in [0.25, 0.3) is 0 Å². The van der Waals surface area contributed by atoms with Gasteiger partial charge in [-0.15, -0.1) is 0 Å². The van der Waals surface area contributed by atoms with E-state index >= 15 is 0 Å². The molecule has 4 heteroatoms. The predicted octanol–water partition coefficient (Wildman–Crippen LogP) is 4.14. The fourth-order valence-electron chi connectivity index (χ4n) is 1.72. The molecule has 2 rings (SSSR count). The minimum Gasteiger partial charge on any atom is -0.455 e. The van der Waals surface area contributed by atoms with Crippen LogP contribution >= 0.6 is 15.9 Å². The summed E-state index contributed by atoms with van der Waals surface area (Å²) in [5.74, 6) is 1.60. The predicted molar refractivity (Wildman–Crippen MR) is 80.5 cm³/mol. The van der Waals surface area contributed by atoms with Gasteiger partial charge < -0.3 is 10.1 Å². The average Bonchev–Trinajstić information content (AvgIpc) is 2.41. The zero-order valence-corrected chi connectivity index (χ0v) is 12.5. The Labute approximate surface area is 122 Å². The third-order valence-electron chi connectivity index (χ3n) is 2.62. The summed E-state index contributed by atoms with van der Waals surface area (Å²) in [5, 5.41) is 3.38. The van der Waals surface area contributed by atoms with E-state index in [2.05, 4.69) is 39.2 Å². The van der Waals surface area contributed by atoms with Gasteiger partial charge in [0.1, 0.15) is 11.5 Å². The van der Waals surface area contributed by atoms with Gasteiger partial charge in [0.25, 0.3) is 0 Å². The topological polar surface area (TPSA) is 34.1 Å². The maximum absolute atomic E-state index is 5.89. The second-order valence-electron chi connectivity index (χ2n) is 4.23. The van der Waals surface area contributed by atoms with Gasteiger partial charge in [0.05, 0.1) is 6.20 Å². The van der Waals surface area contributed by atoms with Crippen molar-refractivity contribution in [1.82, 2.24) is 10.3 Å². The van der Waals surface area contributed by atoms with Gasteiger partial charge in [0, 0.05) is 22.8 Å². The van der Waals surface area contributed by atoms with E-state index in [0.717, 1.165) is 41.0 Å². The van der Waals surface area contributed by atoms with Crippen LogP contribution in [0, 0.1) is 0 Å². The molecule has 0 fully saturated rings. The molecule has 0 saturated carbocycles. The highest BCUT2D eigenvalue weighted by Gasteiger charge is 2.04. The van der Waals surface area contributed by atoms with Crippen molar-refractivity contribution >= 4 is 15.9 Å². The molecular formula is C15H17BrN2O. The van der Waals surface area contributed by atoms with Gasteiger partial charge >= 0.3 is 0 Å². The van der Waals surface area contributed by atoms with E-state index < -0.39 is 0 Å². The fraction of sp³-hybridized carbons (Fsp3) is 0.267. The normalized spacial score (nSPS) is 10.4. The SMILES string of the molecule is CCCNCc1ccccc1Oc1cncc(Br)c1. The zero-order chi connectivity index (χ0) is 13.5. The molecule has 0 aliphatic heterocycles. The van der Waals surface area contributed by atoms with Crippen LogP contribution in [0.3, 0.4) is 0 Å². The van der Waals surface area contributed by atoms with Gasteiger partial charge in [-0.1, -0.05) is 25.1 Å². The second kappa shape index (κ2) is 7.26. The Hall–Kier alpha value is -1.39. The van der Waals surface area contributed by atoms with Gasteiger partial charge in [-0.2, -0.15) is 0 Å². The number of hydrogen-bond donors (Lipinski definition) is 1. The first-order valence-electron chi connectivity index (χ1n) is 6.36. The highest BCUT2D eigenvalue weighted by molar-refractivity contribution is 9.10. The first-order chi connectivity index (χ1) is 9.29. The Morgan fingerprint density at radius 2 is 2.11 bits per heavy atom. The summed E-state index contributed by atoms with van der Waals surface area (Å²) >= 11 is 3.39. The Balaban J connectivity index is 2.11. The summed E-state index contributed by atoms with van der Waals surface area (Å²) in [7, 11) is 0. The van der Waals surface area contributed by atoms with Gasteiger partial charge in [0.2, 0.25) is 0 Å².